The summed E-state index contributed by atoms with van der Waals surface area (Å²) < 4.78 is 1.79. The molecule has 1 aromatic heterocycles. The Labute approximate surface area is 103 Å². The Kier molecular flexibility index (Phi) is 4.51. The summed E-state index contributed by atoms with van der Waals surface area (Å²) in [7, 11) is 0. The van der Waals surface area contributed by atoms with E-state index in [1.54, 1.807) is 4.57 Å². The molecule has 0 radical (unpaired) electrons. The van der Waals surface area contributed by atoms with Crippen LogP contribution < -0.4 is 5.56 Å². The summed E-state index contributed by atoms with van der Waals surface area (Å²) in [5, 5.41) is 8.75. The fraction of sp³-hybridized carbons (Fsp3) is 0.571. The summed E-state index contributed by atoms with van der Waals surface area (Å²) in [6.45, 7) is 8.87. The van der Waals surface area contributed by atoms with Crippen LogP contribution in [-0.2, 0) is 13.0 Å². The van der Waals surface area contributed by atoms with Gasteiger partial charge in [0, 0.05) is 17.8 Å². The van der Waals surface area contributed by atoms with Crippen LogP contribution in [0.4, 0.5) is 0 Å². The number of aromatic nitrogens is 1. The molecule has 0 spiro atoms. The van der Waals surface area contributed by atoms with Crippen LogP contribution in [0.5, 0.6) is 0 Å². The maximum absolute atomic E-state index is 12.2. The van der Waals surface area contributed by atoms with Crippen LogP contribution in [0.25, 0.3) is 0 Å². The van der Waals surface area contributed by atoms with E-state index < -0.39 is 0 Å². The van der Waals surface area contributed by atoms with Gasteiger partial charge in [-0.3, -0.25) is 4.79 Å². The van der Waals surface area contributed by atoms with E-state index in [0.717, 1.165) is 24.2 Å². The van der Waals surface area contributed by atoms with Crippen molar-refractivity contribution in [2.45, 2.75) is 47.1 Å². The van der Waals surface area contributed by atoms with Crippen LogP contribution in [0.15, 0.2) is 10.9 Å². The largest absolute Gasteiger partial charge is 0.313 e. The number of nitriles is 1. The number of aryl methyl sites for hydroxylation is 2. The van der Waals surface area contributed by atoms with Gasteiger partial charge in [0.05, 0.1) is 12.5 Å². The van der Waals surface area contributed by atoms with Crippen molar-refractivity contribution in [1.29, 1.82) is 5.26 Å². The second-order valence-corrected chi connectivity index (χ2v) is 4.92. The summed E-state index contributed by atoms with van der Waals surface area (Å²) in [5.74, 6) is 0.571. The summed E-state index contributed by atoms with van der Waals surface area (Å²) in [4.78, 5) is 12.2. The summed E-state index contributed by atoms with van der Waals surface area (Å²) in [6.07, 6.45) is 1.18. The van der Waals surface area contributed by atoms with Crippen molar-refractivity contribution >= 4 is 0 Å². The van der Waals surface area contributed by atoms with Crippen molar-refractivity contribution in [1.82, 2.24) is 4.57 Å². The summed E-state index contributed by atoms with van der Waals surface area (Å²) >= 11 is 0. The molecular formula is C14H20N2O. The lowest BCUT2D eigenvalue weighted by molar-refractivity contribution is 0.500. The van der Waals surface area contributed by atoms with E-state index in [2.05, 4.69) is 19.9 Å². The molecule has 3 heteroatoms. The van der Waals surface area contributed by atoms with Gasteiger partial charge in [0.25, 0.3) is 5.56 Å². The van der Waals surface area contributed by atoms with E-state index in [0.29, 0.717) is 11.5 Å². The zero-order chi connectivity index (χ0) is 13.0. The molecular weight excluding hydrogens is 212 g/mol. The molecule has 1 aromatic rings. The van der Waals surface area contributed by atoms with Gasteiger partial charge in [0.1, 0.15) is 0 Å². The Morgan fingerprint density at radius 3 is 2.59 bits per heavy atom. The molecule has 0 amide bonds. The summed E-state index contributed by atoms with van der Waals surface area (Å²) in [6, 6.07) is 4.06. The van der Waals surface area contributed by atoms with Gasteiger partial charge in [-0.25, -0.2) is 0 Å². The zero-order valence-corrected chi connectivity index (χ0v) is 11.1. The third kappa shape index (κ3) is 3.20. The number of hydrogen-bond acceptors (Lipinski definition) is 2. The molecule has 0 N–H and O–H groups in total. The molecule has 0 bridgehead atoms. The van der Waals surface area contributed by atoms with Crippen molar-refractivity contribution in [3.8, 4) is 6.07 Å². The average molecular weight is 232 g/mol. The predicted molar refractivity (Wildman–Crippen MR) is 68.9 cm³/mol. The Balaban J connectivity index is 3.17. The molecule has 0 fully saturated rings. The second kappa shape index (κ2) is 5.67. The third-order valence-corrected chi connectivity index (χ3v) is 3.02. The SMILES string of the molecule is Cc1cc(C)n(CCC(C)C)c(=O)c1CC#N. The molecule has 1 heterocycles. The predicted octanol–water partition coefficient (Wildman–Crippen LogP) is 2.58. The van der Waals surface area contributed by atoms with Crippen LogP contribution in [-0.4, -0.2) is 4.57 Å². The molecule has 0 aliphatic heterocycles. The van der Waals surface area contributed by atoms with Gasteiger partial charge in [0.2, 0.25) is 0 Å². The highest BCUT2D eigenvalue weighted by atomic mass is 16.1. The lowest BCUT2D eigenvalue weighted by Gasteiger charge is -2.14. The summed E-state index contributed by atoms with van der Waals surface area (Å²) in [5.41, 5.74) is 2.55. The van der Waals surface area contributed by atoms with E-state index >= 15 is 0 Å². The maximum Gasteiger partial charge on any atom is 0.255 e. The minimum Gasteiger partial charge on any atom is -0.313 e. The van der Waals surface area contributed by atoms with Crippen molar-refractivity contribution in [2.24, 2.45) is 5.92 Å². The molecule has 0 aromatic carbocycles. The van der Waals surface area contributed by atoms with Crippen LogP contribution >= 0.6 is 0 Å². The molecule has 0 atom stereocenters. The van der Waals surface area contributed by atoms with Crippen LogP contribution in [0.3, 0.4) is 0 Å². The van der Waals surface area contributed by atoms with E-state index in [4.69, 9.17) is 5.26 Å². The minimum atomic E-state index is 0.00435. The first-order valence-electron chi connectivity index (χ1n) is 6.04. The Hall–Kier alpha value is -1.56. The first-order valence-corrected chi connectivity index (χ1v) is 6.04. The van der Waals surface area contributed by atoms with E-state index in [-0.39, 0.29) is 12.0 Å². The number of rotatable bonds is 4. The Bertz CT molecular complexity index is 492. The van der Waals surface area contributed by atoms with Crippen molar-refractivity contribution in [3.05, 3.63) is 33.2 Å². The number of hydrogen-bond donors (Lipinski definition) is 0. The Morgan fingerprint density at radius 2 is 2.06 bits per heavy atom. The van der Waals surface area contributed by atoms with E-state index in [9.17, 15) is 4.79 Å². The zero-order valence-electron chi connectivity index (χ0n) is 11.1. The lowest BCUT2D eigenvalue weighted by Crippen LogP contribution is -2.27. The molecule has 3 nitrogen and oxygen atoms in total. The van der Waals surface area contributed by atoms with Gasteiger partial charge in [-0.05, 0) is 37.8 Å². The van der Waals surface area contributed by atoms with Crippen molar-refractivity contribution in [3.63, 3.8) is 0 Å². The van der Waals surface area contributed by atoms with Gasteiger partial charge < -0.3 is 4.57 Å². The van der Waals surface area contributed by atoms with Gasteiger partial charge >= 0.3 is 0 Å². The molecule has 0 aliphatic rings. The van der Waals surface area contributed by atoms with Gasteiger partial charge in [-0.2, -0.15) is 5.26 Å². The molecule has 1 rings (SSSR count). The van der Waals surface area contributed by atoms with Gasteiger partial charge in [0.15, 0.2) is 0 Å². The van der Waals surface area contributed by atoms with Crippen molar-refractivity contribution < 1.29 is 0 Å². The normalized spacial score (nSPS) is 10.6. The quantitative estimate of drug-likeness (QED) is 0.801. The topological polar surface area (TPSA) is 45.8 Å². The van der Waals surface area contributed by atoms with Crippen LogP contribution in [0.2, 0.25) is 0 Å². The first kappa shape index (κ1) is 13.5. The maximum atomic E-state index is 12.2. The molecule has 0 unspecified atom stereocenters. The van der Waals surface area contributed by atoms with Crippen molar-refractivity contribution in [2.75, 3.05) is 0 Å². The Morgan fingerprint density at radius 1 is 1.41 bits per heavy atom. The van der Waals surface area contributed by atoms with Gasteiger partial charge in [-0.15, -0.1) is 0 Å². The molecule has 92 valence electrons. The fourth-order valence-corrected chi connectivity index (χ4v) is 1.93. The minimum absolute atomic E-state index is 0.00435. The first-order chi connectivity index (χ1) is 7.97. The highest BCUT2D eigenvalue weighted by molar-refractivity contribution is 5.28. The fourth-order valence-electron chi connectivity index (χ4n) is 1.93. The third-order valence-electron chi connectivity index (χ3n) is 3.02. The van der Waals surface area contributed by atoms with Crippen LogP contribution in [0.1, 0.15) is 37.1 Å². The smallest absolute Gasteiger partial charge is 0.255 e. The molecule has 0 aliphatic carbocycles. The second-order valence-electron chi connectivity index (χ2n) is 4.92. The van der Waals surface area contributed by atoms with E-state index in [1.165, 1.54) is 0 Å². The van der Waals surface area contributed by atoms with Gasteiger partial charge in [-0.1, -0.05) is 13.8 Å². The van der Waals surface area contributed by atoms with Crippen LogP contribution in [0, 0.1) is 31.1 Å². The number of pyridine rings is 1. The molecule has 17 heavy (non-hydrogen) atoms. The average Bonchev–Trinajstić information content (AvgIpc) is 2.23. The highest BCUT2D eigenvalue weighted by Crippen LogP contribution is 2.09. The molecule has 0 saturated heterocycles. The number of nitrogens with zero attached hydrogens (tertiary/aromatic N) is 2. The monoisotopic (exact) mass is 232 g/mol. The highest BCUT2D eigenvalue weighted by Gasteiger charge is 2.10. The van der Waals surface area contributed by atoms with E-state index in [1.807, 2.05) is 19.9 Å². The lowest BCUT2D eigenvalue weighted by atomic mass is 10.1. The standard InChI is InChI=1S/C14H20N2O/c1-10(2)6-8-16-12(4)9-11(3)13(5-7-15)14(16)17/h9-10H,5-6,8H2,1-4H3. The molecule has 0 saturated carbocycles.